The second-order valence-corrected chi connectivity index (χ2v) is 5.35. The molecule has 0 saturated heterocycles. The Balaban J connectivity index is 2.06. The molecule has 1 aromatic rings. The van der Waals surface area contributed by atoms with E-state index in [2.05, 4.69) is 11.9 Å². The second-order valence-electron chi connectivity index (χ2n) is 5.35. The van der Waals surface area contributed by atoms with E-state index in [1.54, 1.807) is 6.20 Å². The third-order valence-electron chi connectivity index (χ3n) is 3.88. The zero-order chi connectivity index (χ0) is 12.8. The zero-order valence-electron chi connectivity index (χ0n) is 11.4. The van der Waals surface area contributed by atoms with E-state index in [0.717, 1.165) is 25.8 Å². The number of hydrogen-bond donors (Lipinski definition) is 0. The first kappa shape index (κ1) is 13.3. The van der Waals surface area contributed by atoms with E-state index in [4.69, 9.17) is 0 Å². The van der Waals surface area contributed by atoms with Gasteiger partial charge in [0.25, 0.3) is 0 Å². The van der Waals surface area contributed by atoms with E-state index in [9.17, 15) is 4.79 Å². The first-order valence-electron chi connectivity index (χ1n) is 7.38. The summed E-state index contributed by atoms with van der Waals surface area (Å²) in [7, 11) is 0. The highest BCUT2D eigenvalue weighted by Crippen LogP contribution is 2.25. The maximum absolute atomic E-state index is 12.5. The van der Waals surface area contributed by atoms with Crippen LogP contribution in [-0.4, -0.2) is 15.3 Å². The Morgan fingerprint density at radius 2 is 1.94 bits per heavy atom. The lowest BCUT2D eigenvalue weighted by molar-refractivity contribution is 0.0883. The molecule has 0 bridgehead atoms. The molecule has 1 fully saturated rings. The first-order chi connectivity index (χ1) is 8.83. The minimum absolute atomic E-state index is 0.211. The monoisotopic (exact) mass is 248 g/mol. The number of ketones is 1. The zero-order valence-corrected chi connectivity index (χ0v) is 11.4. The van der Waals surface area contributed by atoms with Gasteiger partial charge in [0.1, 0.15) is 0 Å². The lowest BCUT2D eigenvalue weighted by Gasteiger charge is -2.18. The minimum Gasteiger partial charge on any atom is -0.329 e. The molecule has 0 spiro atoms. The molecule has 0 aromatic carbocycles. The molecular weight excluding hydrogens is 224 g/mol. The maximum atomic E-state index is 12.5. The van der Waals surface area contributed by atoms with E-state index in [1.807, 2.05) is 10.8 Å². The van der Waals surface area contributed by atoms with Crippen molar-refractivity contribution < 1.29 is 4.79 Å². The summed E-state index contributed by atoms with van der Waals surface area (Å²) in [4.78, 5) is 16.8. The summed E-state index contributed by atoms with van der Waals surface area (Å²) in [5, 5.41) is 0. The molecule has 0 atom stereocenters. The Labute approximate surface area is 110 Å². The van der Waals surface area contributed by atoms with Crippen molar-refractivity contribution in [2.24, 2.45) is 5.92 Å². The highest BCUT2D eigenvalue weighted by Gasteiger charge is 2.23. The molecule has 1 saturated carbocycles. The molecule has 1 aromatic heterocycles. The fourth-order valence-corrected chi connectivity index (χ4v) is 2.86. The molecule has 0 aliphatic heterocycles. The van der Waals surface area contributed by atoms with E-state index >= 15 is 0 Å². The SMILES string of the molecule is CCCn1ccnc1C(=O)C1CCCCCCC1. The number of carbonyl (C=O) groups excluding carboxylic acids is 1. The van der Waals surface area contributed by atoms with Gasteiger partial charge >= 0.3 is 0 Å². The van der Waals surface area contributed by atoms with Crippen molar-refractivity contribution >= 4 is 5.78 Å². The van der Waals surface area contributed by atoms with Crippen LogP contribution in [0.15, 0.2) is 12.4 Å². The van der Waals surface area contributed by atoms with Crippen LogP contribution >= 0.6 is 0 Å². The summed E-state index contributed by atoms with van der Waals surface area (Å²) < 4.78 is 2.01. The quantitative estimate of drug-likeness (QED) is 0.759. The number of nitrogens with zero attached hydrogens (tertiary/aromatic N) is 2. The lowest BCUT2D eigenvalue weighted by atomic mass is 9.88. The summed E-state index contributed by atoms with van der Waals surface area (Å²) in [5.41, 5.74) is 0. The topological polar surface area (TPSA) is 34.9 Å². The second kappa shape index (κ2) is 6.72. The van der Waals surface area contributed by atoms with Gasteiger partial charge < -0.3 is 4.57 Å². The molecular formula is C15H24N2O. The van der Waals surface area contributed by atoms with Crippen molar-refractivity contribution in [2.75, 3.05) is 0 Å². The number of imidazole rings is 1. The maximum Gasteiger partial charge on any atom is 0.201 e. The van der Waals surface area contributed by atoms with Gasteiger partial charge in [0, 0.05) is 24.9 Å². The number of carbonyl (C=O) groups is 1. The van der Waals surface area contributed by atoms with Gasteiger partial charge in [-0.25, -0.2) is 4.98 Å². The van der Waals surface area contributed by atoms with Crippen molar-refractivity contribution in [3.05, 3.63) is 18.2 Å². The van der Waals surface area contributed by atoms with Crippen LogP contribution in [-0.2, 0) is 6.54 Å². The third kappa shape index (κ3) is 3.21. The molecule has 0 N–H and O–H groups in total. The molecule has 0 unspecified atom stereocenters. The van der Waals surface area contributed by atoms with E-state index in [1.165, 1.54) is 32.1 Å². The van der Waals surface area contributed by atoms with Crippen LogP contribution in [0.1, 0.15) is 68.9 Å². The normalized spacial score (nSPS) is 18.3. The van der Waals surface area contributed by atoms with Crippen molar-refractivity contribution in [3.8, 4) is 0 Å². The third-order valence-corrected chi connectivity index (χ3v) is 3.88. The standard InChI is InChI=1S/C15H24N2O/c1-2-11-17-12-10-16-15(17)14(18)13-8-6-4-3-5-7-9-13/h10,12-13H,2-9,11H2,1H3. The van der Waals surface area contributed by atoms with Gasteiger partial charge in [0.15, 0.2) is 5.82 Å². The predicted octanol–water partition coefficient (Wildman–Crippen LogP) is 3.84. The fraction of sp³-hybridized carbons (Fsp3) is 0.733. The Bertz CT molecular complexity index is 376. The predicted molar refractivity (Wildman–Crippen MR) is 72.7 cm³/mol. The van der Waals surface area contributed by atoms with E-state index in [0.29, 0.717) is 5.82 Å². The molecule has 1 aliphatic rings. The molecule has 2 rings (SSSR count). The van der Waals surface area contributed by atoms with E-state index in [-0.39, 0.29) is 11.7 Å². The smallest absolute Gasteiger partial charge is 0.201 e. The van der Waals surface area contributed by atoms with Crippen LogP contribution in [0.4, 0.5) is 0 Å². The van der Waals surface area contributed by atoms with Gasteiger partial charge in [-0.15, -0.1) is 0 Å². The van der Waals surface area contributed by atoms with Gasteiger partial charge in [-0.2, -0.15) is 0 Å². The number of Topliss-reactive ketones (excluding diaryl/α,β-unsaturated/α-hetero) is 1. The first-order valence-corrected chi connectivity index (χ1v) is 7.38. The van der Waals surface area contributed by atoms with Crippen molar-refractivity contribution in [1.29, 1.82) is 0 Å². The Morgan fingerprint density at radius 1 is 1.28 bits per heavy atom. The highest BCUT2D eigenvalue weighted by molar-refractivity contribution is 5.94. The lowest BCUT2D eigenvalue weighted by Crippen LogP contribution is -2.20. The van der Waals surface area contributed by atoms with Crippen LogP contribution in [0.25, 0.3) is 0 Å². The van der Waals surface area contributed by atoms with Crippen LogP contribution < -0.4 is 0 Å². The molecule has 0 radical (unpaired) electrons. The summed E-state index contributed by atoms with van der Waals surface area (Å²) in [6.07, 6.45) is 13.1. The van der Waals surface area contributed by atoms with Crippen LogP contribution in [0.2, 0.25) is 0 Å². The molecule has 3 nitrogen and oxygen atoms in total. The van der Waals surface area contributed by atoms with Gasteiger partial charge in [0.05, 0.1) is 0 Å². The van der Waals surface area contributed by atoms with Crippen LogP contribution in [0, 0.1) is 5.92 Å². The molecule has 0 amide bonds. The Hall–Kier alpha value is -1.12. The number of hydrogen-bond acceptors (Lipinski definition) is 2. The number of aryl methyl sites for hydroxylation is 1. The van der Waals surface area contributed by atoms with Crippen molar-refractivity contribution in [2.45, 2.75) is 64.8 Å². The Morgan fingerprint density at radius 3 is 2.61 bits per heavy atom. The molecule has 1 heterocycles. The van der Waals surface area contributed by atoms with Crippen LogP contribution in [0.5, 0.6) is 0 Å². The van der Waals surface area contributed by atoms with Crippen LogP contribution in [0.3, 0.4) is 0 Å². The van der Waals surface area contributed by atoms with Gasteiger partial charge in [-0.05, 0) is 19.3 Å². The van der Waals surface area contributed by atoms with Gasteiger partial charge in [0.2, 0.25) is 5.78 Å². The van der Waals surface area contributed by atoms with Gasteiger partial charge in [-0.3, -0.25) is 4.79 Å². The Kier molecular flexibility index (Phi) is 4.97. The summed E-state index contributed by atoms with van der Waals surface area (Å²) in [6, 6.07) is 0. The minimum atomic E-state index is 0.211. The van der Waals surface area contributed by atoms with Crippen molar-refractivity contribution in [3.63, 3.8) is 0 Å². The highest BCUT2D eigenvalue weighted by atomic mass is 16.1. The van der Waals surface area contributed by atoms with E-state index < -0.39 is 0 Å². The number of rotatable bonds is 4. The fourth-order valence-electron chi connectivity index (χ4n) is 2.86. The molecule has 100 valence electrons. The summed E-state index contributed by atoms with van der Waals surface area (Å²) >= 11 is 0. The number of aromatic nitrogens is 2. The van der Waals surface area contributed by atoms with Gasteiger partial charge in [-0.1, -0.05) is 39.0 Å². The summed E-state index contributed by atoms with van der Waals surface area (Å²) in [5.74, 6) is 1.17. The molecule has 3 heteroatoms. The largest absolute Gasteiger partial charge is 0.329 e. The average molecular weight is 248 g/mol. The summed E-state index contributed by atoms with van der Waals surface area (Å²) in [6.45, 7) is 3.03. The molecule has 18 heavy (non-hydrogen) atoms. The van der Waals surface area contributed by atoms with Crippen molar-refractivity contribution in [1.82, 2.24) is 9.55 Å². The molecule has 1 aliphatic carbocycles. The average Bonchev–Trinajstić information content (AvgIpc) is 2.76.